The molecule has 0 saturated heterocycles. The van der Waals surface area contributed by atoms with Crippen molar-refractivity contribution >= 4 is 11.8 Å². The summed E-state index contributed by atoms with van der Waals surface area (Å²) in [5.74, 6) is -0.858. The van der Waals surface area contributed by atoms with E-state index in [0.717, 1.165) is 10.9 Å². The van der Waals surface area contributed by atoms with Gasteiger partial charge in [-0.1, -0.05) is 0 Å². The van der Waals surface area contributed by atoms with Crippen molar-refractivity contribution in [2.24, 2.45) is 0 Å². The summed E-state index contributed by atoms with van der Waals surface area (Å²) in [7, 11) is 0. The average Bonchev–Trinajstić information content (AvgIpc) is 2.56. The number of aryl methyl sites for hydroxylation is 1. The quantitative estimate of drug-likeness (QED) is 0.825. The third-order valence-electron chi connectivity index (χ3n) is 1.98. The van der Waals surface area contributed by atoms with Crippen LogP contribution in [0.15, 0.2) is 6.33 Å². The lowest BCUT2D eigenvalue weighted by atomic mass is 10.4. The van der Waals surface area contributed by atoms with Crippen LogP contribution < -0.4 is 5.73 Å². The number of hydrogen-bond donors (Lipinski definition) is 1. The van der Waals surface area contributed by atoms with E-state index in [1.165, 1.54) is 0 Å². The Kier molecular flexibility index (Phi) is 3.97. The second-order valence-corrected chi connectivity index (χ2v) is 3.26. The highest BCUT2D eigenvalue weighted by atomic mass is 19.4. The number of anilines is 1. The van der Waals surface area contributed by atoms with Crippen molar-refractivity contribution < 1.29 is 22.7 Å². The molecule has 2 N–H and O–H groups in total. The van der Waals surface area contributed by atoms with E-state index in [0.29, 0.717) is 0 Å². The first kappa shape index (κ1) is 13.3. The fourth-order valence-electron chi connectivity index (χ4n) is 1.17. The molecular formula is C9H12F3N3O2. The van der Waals surface area contributed by atoms with Gasteiger partial charge in [-0.05, 0) is 6.92 Å². The van der Waals surface area contributed by atoms with Crippen LogP contribution in [-0.4, -0.2) is 28.3 Å². The van der Waals surface area contributed by atoms with Gasteiger partial charge in [-0.2, -0.15) is 13.2 Å². The molecule has 0 fully saturated rings. The maximum atomic E-state index is 12.0. The number of nitrogens with two attached hydrogens (primary N) is 1. The number of alkyl halides is 3. The van der Waals surface area contributed by atoms with Gasteiger partial charge in [0.1, 0.15) is 5.82 Å². The van der Waals surface area contributed by atoms with Crippen LogP contribution in [0.1, 0.15) is 23.8 Å². The van der Waals surface area contributed by atoms with Gasteiger partial charge >= 0.3 is 12.1 Å². The minimum atomic E-state index is -4.28. The zero-order valence-electron chi connectivity index (χ0n) is 9.12. The third kappa shape index (κ3) is 3.65. The first-order valence-electron chi connectivity index (χ1n) is 4.89. The molecule has 0 aliphatic heterocycles. The molecule has 0 amide bonds. The summed E-state index contributed by atoms with van der Waals surface area (Å²) in [6.07, 6.45) is -4.22. The van der Waals surface area contributed by atoms with Crippen LogP contribution in [-0.2, 0) is 11.3 Å². The number of aromatic nitrogens is 2. The van der Waals surface area contributed by atoms with E-state index < -0.39 is 18.6 Å². The molecule has 0 bridgehead atoms. The number of rotatable bonds is 4. The van der Waals surface area contributed by atoms with Gasteiger partial charge in [0, 0.05) is 6.54 Å². The van der Waals surface area contributed by atoms with Gasteiger partial charge in [-0.15, -0.1) is 0 Å². The smallest absolute Gasteiger partial charge is 0.390 e. The minimum Gasteiger partial charge on any atom is -0.461 e. The molecule has 0 unspecified atom stereocenters. The molecule has 0 atom stereocenters. The van der Waals surface area contributed by atoms with Crippen molar-refractivity contribution in [3.8, 4) is 0 Å². The second kappa shape index (κ2) is 5.07. The maximum absolute atomic E-state index is 12.0. The lowest BCUT2D eigenvalue weighted by Gasteiger charge is -2.08. The first-order valence-corrected chi connectivity index (χ1v) is 4.89. The van der Waals surface area contributed by atoms with Gasteiger partial charge < -0.3 is 15.0 Å². The molecule has 0 aliphatic carbocycles. The molecule has 0 aromatic carbocycles. The summed E-state index contributed by atoms with van der Waals surface area (Å²) in [6, 6.07) is 0. The Balaban J connectivity index is 2.74. The minimum absolute atomic E-state index is 0.118. The maximum Gasteiger partial charge on any atom is 0.390 e. The summed E-state index contributed by atoms with van der Waals surface area (Å²) in [6.45, 7) is 1.38. The standard InChI is InChI=1S/C9H12F3N3O2/c1-2-17-8(16)6-7(13)15(5-14-6)4-3-9(10,11)12/h5H,2-4,13H2,1H3. The van der Waals surface area contributed by atoms with E-state index in [2.05, 4.69) is 9.72 Å². The van der Waals surface area contributed by atoms with E-state index in [9.17, 15) is 18.0 Å². The van der Waals surface area contributed by atoms with Crippen LogP contribution >= 0.6 is 0 Å². The largest absolute Gasteiger partial charge is 0.461 e. The van der Waals surface area contributed by atoms with E-state index in [-0.39, 0.29) is 24.7 Å². The van der Waals surface area contributed by atoms with Crippen LogP contribution in [0.2, 0.25) is 0 Å². The Morgan fingerprint density at radius 2 is 2.24 bits per heavy atom. The summed E-state index contributed by atoms with van der Waals surface area (Å²) < 4.78 is 41.7. The molecule has 1 aromatic heterocycles. The number of nitrogens with zero attached hydrogens (tertiary/aromatic N) is 2. The number of imidazole rings is 1. The summed E-state index contributed by atoms with van der Waals surface area (Å²) in [4.78, 5) is 14.9. The fourth-order valence-corrected chi connectivity index (χ4v) is 1.17. The van der Waals surface area contributed by atoms with Crippen molar-refractivity contribution in [2.45, 2.75) is 26.1 Å². The van der Waals surface area contributed by atoms with Crippen molar-refractivity contribution in [3.05, 3.63) is 12.0 Å². The summed E-state index contributed by atoms with van der Waals surface area (Å²) in [5.41, 5.74) is 5.34. The van der Waals surface area contributed by atoms with E-state index >= 15 is 0 Å². The first-order chi connectivity index (χ1) is 7.85. The van der Waals surface area contributed by atoms with Crippen LogP contribution in [0.5, 0.6) is 0 Å². The number of nitrogen functional groups attached to an aromatic ring is 1. The van der Waals surface area contributed by atoms with Gasteiger partial charge in [-0.3, -0.25) is 0 Å². The highest BCUT2D eigenvalue weighted by molar-refractivity contribution is 5.92. The zero-order valence-corrected chi connectivity index (χ0v) is 9.12. The van der Waals surface area contributed by atoms with Gasteiger partial charge in [0.15, 0.2) is 5.69 Å². The average molecular weight is 251 g/mol. The van der Waals surface area contributed by atoms with Gasteiger partial charge in [0.2, 0.25) is 0 Å². The molecular weight excluding hydrogens is 239 g/mol. The van der Waals surface area contributed by atoms with Crippen molar-refractivity contribution in [2.75, 3.05) is 12.3 Å². The highest BCUT2D eigenvalue weighted by Crippen LogP contribution is 2.22. The summed E-state index contributed by atoms with van der Waals surface area (Å²) >= 11 is 0. The number of hydrogen-bond acceptors (Lipinski definition) is 4. The summed E-state index contributed by atoms with van der Waals surface area (Å²) in [5, 5.41) is 0. The number of ether oxygens (including phenoxy) is 1. The molecule has 1 rings (SSSR count). The number of halogens is 3. The van der Waals surface area contributed by atoms with E-state index in [4.69, 9.17) is 5.73 Å². The van der Waals surface area contributed by atoms with Crippen molar-refractivity contribution in [3.63, 3.8) is 0 Å². The van der Waals surface area contributed by atoms with Crippen molar-refractivity contribution in [1.82, 2.24) is 9.55 Å². The normalized spacial score (nSPS) is 11.5. The van der Waals surface area contributed by atoms with Gasteiger partial charge in [-0.25, -0.2) is 9.78 Å². The Morgan fingerprint density at radius 3 is 2.76 bits per heavy atom. The van der Waals surface area contributed by atoms with Crippen LogP contribution in [0.4, 0.5) is 19.0 Å². The number of carbonyl (C=O) groups excluding carboxylic acids is 1. The lowest BCUT2D eigenvalue weighted by Crippen LogP contribution is -2.14. The lowest BCUT2D eigenvalue weighted by molar-refractivity contribution is -0.136. The molecule has 96 valence electrons. The second-order valence-electron chi connectivity index (χ2n) is 3.26. The van der Waals surface area contributed by atoms with E-state index in [1.54, 1.807) is 6.92 Å². The Morgan fingerprint density at radius 1 is 1.59 bits per heavy atom. The molecule has 0 aliphatic rings. The van der Waals surface area contributed by atoms with Crippen LogP contribution in [0.25, 0.3) is 0 Å². The monoisotopic (exact) mass is 251 g/mol. The predicted octanol–water partition coefficient (Wildman–Crippen LogP) is 1.59. The topological polar surface area (TPSA) is 70.1 Å². The molecule has 1 aromatic rings. The molecule has 5 nitrogen and oxygen atoms in total. The molecule has 0 spiro atoms. The zero-order chi connectivity index (χ0) is 13.1. The molecule has 0 saturated carbocycles. The Hall–Kier alpha value is -1.73. The van der Waals surface area contributed by atoms with Crippen LogP contribution in [0.3, 0.4) is 0 Å². The molecule has 1 heterocycles. The molecule has 17 heavy (non-hydrogen) atoms. The van der Waals surface area contributed by atoms with Crippen molar-refractivity contribution in [1.29, 1.82) is 0 Å². The van der Waals surface area contributed by atoms with Crippen LogP contribution in [0, 0.1) is 0 Å². The number of carbonyl (C=O) groups is 1. The third-order valence-corrected chi connectivity index (χ3v) is 1.98. The fraction of sp³-hybridized carbons (Fsp3) is 0.556. The Labute approximate surface area is 95.4 Å². The van der Waals surface area contributed by atoms with E-state index in [1.807, 2.05) is 0 Å². The SMILES string of the molecule is CCOC(=O)c1ncn(CCC(F)(F)F)c1N. The predicted molar refractivity (Wildman–Crippen MR) is 53.3 cm³/mol. The molecule has 0 radical (unpaired) electrons. The highest BCUT2D eigenvalue weighted by Gasteiger charge is 2.27. The number of esters is 1. The molecule has 8 heteroatoms. The van der Waals surface area contributed by atoms with Gasteiger partial charge in [0.25, 0.3) is 0 Å². The Bertz CT molecular complexity index is 401. The van der Waals surface area contributed by atoms with Gasteiger partial charge in [0.05, 0.1) is 19.4 Å².